The van der Waals surface area contributed by atoms with Crippen molar-refractivity contribution in [3.05, 3.63) is 119 Å². The summed E-state index contributed by atoms with van der Waals surface area (Å²) in [7, 11) is 0. The summed E-state index contributed by atoms with van der Waals surface area (Å²) < 4.78 is 2.37. The number of benzene rings is 4. The number of hydrogen-bond acceptors (Lipinski definition) is 3. The van der Waals surface area contributed by atoms with E-state index in [1.807, 2.05) is 6.07 Å². The van der Waals surface area contributed by atoms with Gasteiger partial charge in [0.05, 0.1) is 16.6 Å². The van der Waals surface area contributed by atoms with Crippen LogP contribution in [-0.2, 0) is 18.5 Å². The molecule has 0 saturated heterocycles. The maximum Gasteiger partial charge on any atom is 0.335 e. The average molecular weight is 572 g/mol. The number of rotatable bonds is 8. The summed E-state index contributed by atoms with van der Waals surface area (Å²) in [5, 5.41) is 9.57. The van der Waals surface area contributed by atoms with Gasteiger partial charge in [-0.3, -0.25) is 0 Å². The van der Waals surface area contributed by atoms with Gasteiger partial charge < -0.3 is 14.6 Å². The number of carbonyl (C=O) groups is 1. The van der Waals surface area contributed by atoms with Gasteiger partial charge in [0.25, 0.3) is 0 Å². The molecule has 5 nitrogen and oxygen atoms in total. The number of carboxylic acids is 1. The number of nitrogens with zero attached hydrogens (tertiary/aromatic N) is 3. The Balaban J connectivity index is 1.30. The van der Waals surface area contributed by atoms with Gasteiger partial charge in [0.15, 0.2) is 0 Å². The SMILES string of the molecule is CC(C)(C)c1ccc(CN(Cc2ccc(-c3nc4cc(C(=O)O)ccc4n3C3CCCCC3)cc2)c2ccccc2)cc1. The van der Waals surface area contributed by atoms with Crippen LogP contribution in [0.4, 0.5) is 5.69 Å². The largest absolute Gasteiger partial charge is 0.478 e. The van der Waals surface area contributed by atoms with E-state index in [9.17, 15) is 9.90 Å². The van der Waals surface area contributed by atoms with Crippen LogP contribution in [0.25, 0.3) is 22.4 Å². The maximum atomic E-state index is 11.7. The first kappa shape index (κ1) is 28.7. The van der Waals surface area contributed by atoms with E-state index < -0.39 is 5.97 Å². The normalized spacial score (nSPS) is 14.2. The lowest BCUT2D eigenvalue weighted by Crippen LogP contribution is -2.22. The first-order valence-electron chi connectivity index (χ1n) is 15.5. The van der Waals surface area contributed by atoms with Crippen LogP contribution in [0.3, 0.4) is 0 Å². The van der Waals surface area contributed by atoms with Crippen LogP contribution in [0.5, 0.6) is 0 Å². The smallest absolute Gasteiger partial charge is 0.335 e. The summed E-state index contributed by atoms with van der Waals surface area (Å²) in [6.07, 6.45) is 5.95. The molecule has 0 atom stereocenters. The molecule has 1 fully saturated rings. The summed E-state index contributed by atoms with van der Waals surface area (Å²) in [6.45, 7) is 8.35. The predicted octanol–water partition coefficient (Wildman–Crippen LogP) is 9.41. The van der Waals surface area contributed by atoms with Crippen LogP contribution in [-0.4, -0.2) is 20.6 Å². The highest BCUT2D eigenvalue weighted by Gasteiger charge is 2.23. The van der Waals surface area contributed by atoms with Gasteiger partial charge in [-0.1, -0.05) is 107 Å². The van der Waals surface area contributed by atoms with E-state index in [-0.39, 0.29) is 11.0 Å². The van der Waals surface area contributed by atoms with Crippen LogP contribution < -0.4 is 4.90 Å². The zero-order chi connectivity index (χ0) is 30.0. The zero-order valence-electron chi connectivity index (χ0n) is 25.5. The fourth-order valence-electron chi connectivity index (χ4n) is 6.33. The minimum absolute atomic E-state index is 0.134. The van der Waals surface area contributed by atoms with Crippen molar-refractivity contribution in [1.29, 1.82) is 0 Å². The quantitative estimate of drug-likeness (QED) is 0.202. The molecule has 5 heteroatoms. The molecule has 6 rings (SSSR count). The Hall–Kier alpha value is -4.38. The zero-order valence-corrected chi connectivity index (χ0v) is 25.5. The highest BCUT2D eigenvalue weighted by Crippen LogP contribution is 2.36. The molecule has 5 aromatic rings. The molecular formula is C38H41N3O2. The molecule has 0 bridgehead atoms. The van der Waals surface area contributed by atoms with Crippen molar-refractivity contribution in [3.63, 3.8) is 0 Å². The molecule has 4 aromatic carbocycles. The minimum atomic E-state index is -0.923. The standard InChI is InChI=1S/C38H41N3O2/c1-38(2,3)31-21-16-28(17-22-31)26-40(32-10-6-4-7-11-32)25-27-14-18-29(19-15-27)36-39-34-24-30(37(42)43)20-23-35(34)41(36)33-12-8-5-9-13-33/h4,6-7,10-11,14-24,33H,5,8-9,12-13,25-26H2,1-3H3,(H,42,43). The Morgan fingerprint density at radius 2 is 1.47 bits per heavy atom. The molecule has 1 heterocycles. The second-order valence-electron chi connectivity index (χ2n) is 12.9. The van der Waals surface area contributed by atoms with Crippen LogP contribution in [0, 0.1) is 0 Å². The lowest BCUT2D eigenvalue weighted by atomic mass is 9.87. The summed E-state index contributed by atoms with van der Waals surface area (Å²) >= 11 is 0. The molecule has 43 heavy (non-hydrogen) atoms. The lowest BCUT2D eigenvalue weighted by molar-refractivity contribution is 0.0697. The van der Waals surface area contributed by atoms with Crippen molar-refractivity contribution >= 4 is 22.7 Å². The van der Waals surface area contributed by atoms with Crippen LogP contribution in [0.2, 0.25) is 0 Å². The van der Waals surface area contributed by atoms with Gasteiger partial charge >= 0.3 is 5.97 Å². The maximum absolute atomic E-state index is 11.7. The van der Waals surface area contributed by atoms with Crippen LogP contribution in [0.1, 0.15) is 86.0 Å². The first-order chi connectivity index (χ1) is 20.8. The van der Waals surface area contributed by atoms with Gasteiger partial charge in [-0.15, -0.1) is 0 Å². The van der Waals surface area contributed by atoms with Crippen molar-refractivity contribution in [2.75, 3.05) is 4.90 Å². The molecule has 0 unspecified atom stereocenters. The van der Waals surface area contributed by atoms with Gasteiger partial charge in [0, 0.05) is 30.4 Å². The van der Waals surface area contributed by atoms with Crippen LogP contribution >= 0.6 is 0 Å². The van der Waals surface area contributed by atoms with Crippen molar-refractivity contribution in [3.8, 4) is 11.4 Å². The highest BCUT2D eigenvalue weighted by atomic mass is 16.4. The topological polar surface area (TPSA) is 58.4 Å². The van der Waals surface area contributed by atoms with E-state index in [4.69, 9.17) is 4.98 Å². The van der Waals surface area contributed by atoms with Gasteiger partial charge in [0.2, 0.25) is 0 Å². The van der Waals surface area contributed by atoms with Gasteiger partial charge in [0.1, 0.15) is 5.82 Å². The van der Waals surface area contributed by atoms with E-state index in [0.29, 0.717) is 6.04 Å². The molecule has 1 aromatic heterocycles. The summed E-state index contributed by atoms with van der Waals surface area (Å²) in [4.78, 5) is 19.1. The van der Waals surface area contributed by atoms with Gasteiger partial charge in [-0.25, -0.2) is 9.78 Å². The van der Waals surface area contributed by atoms with Crippen molar-refractivity contribution < 1.29 is 9.90 Å². The number of anilines is 1. The number of hydrogen-bond donors (Lipinski definition) is 1. The number of imidazole rings is 1. The number of para-hydroxylation sites is 1. The molecule has 0 radical (unpaired) electrons. The molecule has 1 aliphatic rings. The Morgan fingerprint density at radius 3 is 2.07 bits per heavy atom. The number of fused-ring (bicyclic) bond motifs is 1. The van der Waals surface area contributed by atoms with E-state index in [0.717, 1.165) is 48.4 Å². The van der Waals surface area contributed by atoms with E-state index in [1.54, 1.807) is 12.1 Å². The van der Waals surface area contributed by atoms with Gasteiger partial charge in [-0.2, -0.15) is 0 Å². The Morgan fingerprint density at radius 1 is 0.837 bits per heavy atom. The highest BCUT2D eigenvalue weighted by molar-refractivity contribution is 5.93. The third-order valence-corrected chi connectivity index (χ3v) is 8.78. The average Bonchev–Trinajstić information content (AvgIpc) is 3.41. The second-order valence-corrected chi connectivity index (χ2v) is 12.9. The summed E-state index contributed by atoms with van der Waals surface area (Å²) in [5.74, 6) is 0.00276. The lowest BCUT2D eigenvalue weighted by Gasteiger charge is -2.27. The van der Waals surface area contributed by atoms with E-state index >= 15 is 0 Å². The van der Waals surface area contributed by atoms with E-state index in [2.05, 4.69) is 109 Å². The third kappa shape index (κ3) is 6.36. The number of carboxylic acid groups (broad SMARTS) is 1. The predicted molar refractivity (Wildman–Crippen MR) is 176 cm³/mol. The molecule has 1 saturated carbocycles. The first-order valence-corrected chi connectivity index (χ1v) is 15.5. The fraction of sp³-hybridized carbons (Fsp3) is 0.316. The fourth-order valence-corrected chi connectivity index (χ4v) is 6.33. The number of aromatic carboxylic acids is 1. The van der Waals surface area contributed by atoms with E-state index in [1.165, 1.54) is 41.6 Å². The molecule has 220 valence electrons. The monoisotopic (exact) mass is 571 g/mol. The van der Waals surface area contributed by atoms with Crippen molar-refractivity contribution in [1.82, 2.24) is 9.55 Å². The van der Waals surface area contributed by atoms with Crippen molar-refractivity contribution in [2.45, 2.75) is 77.4 Å². The number of aromatic nitrogens is 2. The Bertz CT molecular complexity index is 1690. The summed E-state index contributed by atoms with van der Waals surface area (Å²) in [6, 6.07) is 34.1. The Labute approximate surface area is 254 Å². The molecule has 0 aliphatic heterocycles. The minimum Gasteiger partial charge on any atom is -0.478 e. The second kappa shape index (κ2) is 12.1. The molecule has 0 amide bonds. The molecular weight excluding hydrogens is 530 g/mol. The Kier molecular flexibility index (Phi) is 8.07. The molecule has 0 spiro atoms. The van der Waals surface area contributed by atoms with Crippen molar-refractivity contribution in [2.24, 2.45) is 0 Å². The molecule has 1 N–H and O–H groups in total. The van der Waals surface area contributed by atoms with Gasteiger partial charge in [-0.05, 0) is 65.3 Å². The van der Waals surface area contributed by atoms with Crippen LogP contribution in [0.15, 0.2) is 97.1 Å². The molecule has 1 aliphatic carbocycles. The third-order valence-electron chi connectivity index (χ3n) is 8.78. The summed E-state index contributed by atoms with van der Waals surface area (Å²) in [5.41, 5.74) is 8.29.